The third-order valence-corrected chi connectivity index (χ3v) is 7.71. The number of halogens is 1. The van der Waals surface area contributed by atoms with Gasteiger partial charge in [-0.05, 0) is 101 Å². The van der Waals surface area contributed by atoms with E-state index >= 15 is 0 Å². The lowest BCUT2D eigenvalue weighted by atomic mass is 9.88. The van der Waals surface area contributed by atoms with E-state index in [1.54, 1.807) is 13.0 Å². The molecule has 1 aromatic carbocycles. The summed E-state index contributed by atoms with van der Waals surface area (Å²) in [7, 11) is 1.87. The monoisotopic (exact) mass is 676 g/mol. The van der Waals surface area contributed by atoms with Crippen LogP contribution in [0, 0.1) is 12.3 Å². The zero-order valence-electron chi connectivity index (χ0n) is 30.8. The molecule has 9 heteroatoms. The van der Waals surface area contributed by atoms with Crippen LogP contribution in [0.25, 0.3) is 17.2 Å². The number of nitrogens with one attached hydrogen (secondary N) is 3. The van der Waals surface area contributed by atoms with E-state index in [1.165, 1.54) is 23.9 Å². The van der Waals surface area contributed by atoms with Gasteiger partial charge in [0.2, 0.25) is 0 Å². The van der Waals surface area contributed by atoms with Gasteiger partial charge >= 0.3 is 0 Å². The number of pyridine rings is 2. The van der Waals surface area contributed by atoms with E-state index in [9.17, 15) is 0 Å². The second kappa shape index (κ2) is 23.8. The summed E-state index contributed by atoms with van der Waals surface area (Å²) < 4.78 is 0. The van der Waals surface area contributed by atoms with Crippen molar-refractivity contribution in [2.45, 2.75) is 86.0 Å². The SMILES string of the molecule is CC.CCC.CCl.CNC(/C=C\C(C)=N)NC(N)c1ccc(C2CCN(C/C(C)=C/c3c(-c4ccc(N)nc4)ccnc3C)CC2)cc1. The van der Waals surface area contributed by atoms with E-state index in [2.05, 4.69) is 95.1 Å². The van der Waals surface area contributed by atoms with Crippen molar-refractivity contribution < 1.29 is 0 Å². The minimum atomic E-state index is -0.297. The topological polar surface area (TPSA) is 129 Å². The first-order valence-corrected chi connectivity index (χ1v) is 17.9. The molecule has 4 rings (SSSR count). The van der Waals surface area contributed by atoms with Gasteiger partial charge in [-0.3, -0.25) is 15.2 Å². The van der Waals surface area contributed by atoms with Gasteiger partial charge in [0, 0.05) is 47.9 Å². The highest BCUT2D eigenvalue weighted by Gasteiger charge is 2.21. The molecule has 7 N–H and O–H groups in total. The molecule has 0 saturated carbocycles. The summed E-state index contributed by atoms with van der Waals surface area (Å²) in [6.07, 6.45) is 14.2. The molecule has 1 aliphatic heterocycles. The average molecular weight is 677 g/mol. The van der Waals surface area contributed by atoms with Crippen molar-refractivity contribution in [3.05, 3.63) is 95.0 Å². The molecule has 1 fully saturated rings. The van der Waals surface area contributed by atoms with Crippen LogP contribution in [0.1, 0.15) is 95.3 Å². The number of alkyl halides is 1. The predicted molar refractivity (Wildman–Crippen MR) is 210 cm³/mol. The van der Waals surface area contributed by atoms with E-state index in [4.69, 9.17) is 16.9 Å². The fourth-order valence-corrected chi connectivity index (χ4v) is 5.39. The number of nitrogen functional groups attached to an aromatic ring is 1. The molecule has 0 spiro atoms. The van der Waals surface area contributed by atoms with E-state index < -0.39 is 0 Å². The van der Waals surface area contributed by atoms with Gasteiger partial charge in [0.25, 0.3) is 0 Å². The Morgan fingerprint density at radius 1 is 1.04 bits per heavy atom. The predicted octanol–water partition coefficient (Wildman–Crippen LogP) is 8.30. The number of nitrogens with two attached hydrogens (primary N) is 2. The van der Waals surface area contributed by atoms with Gasteiger partial charge in [-0.15, -0.1) is 11.6 Å². The van der Waals surface area contributed by atoms with Gasteiger partial charge in [-0.1, -0.05) is 76.1 Å². The Kier molecular flexibility index (Phi) is 21.2. The zero-order chi connectivity index (χ0) is 36.1. The van der Waals surface area contributed by atoms with Gasteiger partial charge in [-0.25, -0.2) is 4.98 Å². The highest BCUT2D eigenvalue weighted by Crippen LogP contribution is 2.30. The maximum atomic E-state index is 7.59. The first-order chi connectivity index (χ1) is 23.1. The summed E-state index contributed by atoms with van der Waals surface area (Å²) >= 11 is 4.64. The second-order valence-corrected chi connectivity index (χ2v) is 11.7. The molecule has 1 aliphatic rings. The summed E-state index contributed by atoms with van der Waals surface area (Å²) in [4.78, 5) is 11.4. The largest absolute Gasteiger partial charge is 0.384 e. The van der Waals surface area contributed by atoms with E-state index in [1.807, 2.05) is 57.6 Å². The Balaban J connectivity index is 0.00000153. The number of rotatable bonds is 11. The fourth-order valence-electron chi connectivity index (χ4n) is 5.39. The molecule has 0 aliphatic carbocycles. The van der Waals surface area contributed by atoms with Crippen LogP contribution < -0.4 is 22.1 Å². The quantitative estimate of drug-likeness (QED) is 0.0785. The second-order valence-electron chi connectivity index (χ2n) is 11.7. The number of allylic oxidation sites excluding steroid dienone is 1. The summed E-state index contributed by atoms with van der Waals surface area (Å²) in [6.45, 7) is 17.4. The molecule has 2 aromatic heterocycles. The first-order valence-electron chi connectivity index (χ1n) is 17.1. The maximum absolute atomic E-state index is 7.59. The Labute approximate surface area is 296 Å². The molecular formula is C39H61ClN8. The number of likely N-dealkylation sites (N-methyl/N-ethyl adjacent to an activating group) is 1. The van der Waals surface area contributed by atoms with Gasteiger partial charge in [0.1, 0.15) is 5.82 Å². The van der Waals surface area contributed by atoms with Gasteiger partial charge in [0.05, 0.1) is 12.3 Å². The number of anilines is 1. The van der Waals surface area contributed by atoms with Crippen molar-refractivity contribution >= 4 is 29.2 Å². The number of hydrogen-bond donors (Lipinski definition) is 5. The van der Waals surface area contributed by atoms with E-state index in [0.29, 0.717) is 17.4 Å². The van der Waals surface area contributed by atoms with E-state index in [-0.39, 0.29) is 12.3 Å². The Bertz CT molecular complexity index is 1380. The van der Waals surface area contributed by atoms with Crippen molar-refractivity contribution in [2.75, 3.05) is 38.8 Å². The van der Waals surface area contributed by atoms with Crippen LogP contribution in [-0.2, 0) is 0 Å². The summed E-state index contributed by atoms with van der Waals surface area (Å²) in [6, 6.07) is 14.6. The van der Waals surface area contributed by atoms with Crippen LogP contribution >= 0.6 is 11.6 Å². The Morgan fingerprint density at radius 3 is 2.21 bits per heavy atom. The smallest absolute Gasteiger partial charge is 0.123 e. The first kappa shape index (κ1) is 42.6. The van der Waals surface area contributed by atoms with Gasteiger partial charge in [0.15, 0.2) is 0 Å². The number of aromatic nitrogens is 2. The normalized spacial score (nSPS) is 14.9. The minimum Gasteiger partial charge on any atom is -0.384 e. The lowest BCUT2D eigenvalue weighted by Gasteiger charge is -2.32. The molecule has 48 heavy (non-hydrogen) atoms. The molecule has 0 amide bonds. The Morgan fingerprint density at radius 2 is 1.67 bits per heavy atom. The lowest BCUT2D eigenvalue weighted by Crippen LogP contribution is -2.43. The third-order valence-electron chi connectivity index (χ3n) is 7.71. The molecule has 8 nitrogen and oxygen atoms in total. The highest BCUT2D eigenvalue weighted by atomic mass is 35.5. The molecule has 3 aromatic rings. The molecule has 2 atom stereocenters. The number of hydrogen-bond acceptors (Lipinski definition) is 8. The summed E-state index contributed by atoms with van der Waals surface area (Å²) in [5, 5.41) is 14.1. The maximum Gasteiger partial charge on any atom is 0.123 e. The average Bonchev–Trinajstić information content (AvgIpc) is 3.10. The van der Waals surface area contributed by atoms with Crippen LogP contribution in [0.3, 0.4) is 0 Å². The van der Waals surface area contributed by atoms with Crippen LogP contribution in [-0.4, -0.2) is 59.8 Å². The number of likely N-dealkylation sites (tertiary alicyclic amines) is 1. The van der Waals surface area contributed by atoms with Crippen molar-refractivity contribution in [1.29, 1.82) is 5.41 Å². The number of aryl methyl sites for hydroxylation is 1. The zero-order valence-corrected chi connectivity index (χ0v) is 31.5. The standard InChI is InChI=1S/C33H44N8.C3H8.C2H6.CH3Cl/c1-22(19-30-24(3)38-16-13-29(30)28-10-11-31(35)39-20-28)21-41-17-14-26(15-18-41)25-6-8-27(9-7-25)33(36)40-32(37-4)12-5-23(2)34;1-3-2;2*1-2/h5-13,16,19-20,26,32-34,37,40H,14-15,17-18,21,36H2,1-4H3,(H2,35,39);3H2,1-2H3;1-2H3;1H3/b12-5-,22-19+,34-23?;;;. The number of piperidine rings is 1. The van der Waals surface area contributed by atoms with Gasteiger partial charge < -0.3 is 22.2 Å². The van der Waals surface area contributed by atoms with Crippen LogP contribution in [0.2, 0.25) is 0 Å². The van der Waals surface area contributed by atoms with Crippen molar-refractivity contribution in [1.82, 2.24) is 25.5 Å². The van der Waals surface area contributed by atoms with Crippen molar-refractivity contribution in [3.63, 3.8) is 0 Å². The number of nitrogens with zero attached hydrogens (tertiary/aromatic N) is 3. The van der Waals surface area contributed by atoms with Crippen molar-refractivity contribution in [2.24, 2.45) is 5.73 Å². The molecule has 3 heterocycles. The molecule has 0 radical (unpaired) electrons. The summed E-state index contributed by atoms with van der Waals surface area (Å²) in [5.74, 6) is 1.08. The third kappa shape index (κ3) is 14.4. The molecule has 0 bridgehead atoms. The fraction of sp³-hybridized carbons (Fsp3) is 0.462. The van der Waals surface area contributed by atoms with Crippen LogP contribution in [0.5, 0.6) is 0 Å². The molecule has 1 saturated heterocycles. The van der Waals surface area contributed by atoms with Crippen molar-refractivity contribution in [3.8, 4) is 11.1 Å². The molecular weight excluding hydrogens is 616 g/mol. The minimum absolute atomic E-state index is 0.102. The van der Waals surface area contributed by atoms with Crippen LogP contribution in [0.4, 0.5) is 5.82 Å². The Hall–Kier alpha value is -3.40. The molecule has 264 valence electrons. The van der Waals surface area contributed by atoms with E-state index in [0.717, 1.165) is 60.4 Å². The van der Waals surface area contributed by atoms with Crippen LogP contribution in [0.15, 0.2) is 72.6 Å². The summed E-state index contributed by atoms with van der Waals surface area (Å²) in [5.41, 5.74) is 20.8. The van der Waals surface area contributed by atoms with Gasteiger partial charge in [-0.2, -0.15) is 0 Å². The lowest BCUT2D eigenvalue weighted by molar-refractivity contribution is 0.228. The molecule has 2 unspecified atom stereocenters. The highest BCUT2D eigenvalue weighted by molar-refractivity contribution is 6.15. The number of benzene rings is 1.